The molecule has 20 heavy (non-hydrogen) atoms. The molecule has 0 spiro atoms. The van der Waals surface area contributed by atoms with Crippen molar-refractivity contribution in [2.75, 3.05) is 6.61 Å². The lowest BCUT2D eigenvalue weighted by molar-refractivity contribution is -0.155. The van der Waals surface area contributed by atoms with Crippen LogP contribution in [0, 0.1) is 16.7 Å². The van der Waals surface area contributed by atoms with Crippen LogP contribution in [0.3, 0.4) is 0 Å². The Labute approximate surface area is 121 Å². The van der Waals surface area contributed by atoms with Gasteiger partial charge in [0.25, 0.3) is 0 Å². The van der Waals surface area contributed by atoms with E-state index >= 15 is 0 Å². The Bertz CT molecular complexity index is 438. The van der Waals surface area contributed by atoms with E-state index in [2.05, 4.69) is 13.8 Å². The van der Waals surface area contributed by atoms with Gasteiger partial charge in [0.15, 0.2) is 0 Å². The van der Waals surface area contributed by atoms with Crippen molar-refractivity contribution in [3.8, 4) is 0 Å². The van der Waals surface area contributed by atoms with Crippen LogP contribution in [0.1, 0.15) is 54.9 Å². The van der Waals surface area contributed by atoms with E-state index in [1.165, 1.54) is 6.92 Å². The number of rotatable bonds is 3. The summed E-state index contributed by atoms with van der Waals surface area (Å²) in [6.45, 7) is 13.3. The van der Waals surface area contributed by atoms with Gasteiger partial charge in [-0.1, -0.05) is 13.8 Å². The largest absolute Gasteiger partial charge is 0.464 e. The Kier molecular flexibility index (Phi) is 4.67. The molecule has 0 radical (unpaired) electrons. The smallest absolute Gasteiger partial charge is 0.311 e. The zero-order valence-corrected chi connectivity index (χ0v) is 13.6. The van der Waals surface area contributed by atoms with Crippen LogP contribution < -0.4 is 0 Å². The van der Waals surface area contributed by atoms with Crippen molar-refractivity contribution in [1.82, 2.24) is 0 Å². The highest BCUT2D eigenvalue weighted by Crippen LogP contribution is 2.47. The zero-order valence-electron chi connectivity index (χ0n) is 13.6. The van der Waals surface area contributed by atoms with Crippen LogP contribution >= 0.6 is 0 Å². The Morgan fingerprint density at radius 3 is 2.30 bits per heavy atom. The van der Waals surface area contributed by atoms with Gasteiger partial charge in [-0.3, -0.25) is 9.59 Å². The highest BCUT2D eigenvalue weighted by Gasteiger charge is 2.42. The minimum Gasteiger partial charge on any atom is -0.464 e. The Morgan fingerprint density at radius 2 is 1.85 bits per heavy atom. The maximum atomic E-state index is 11.9. The van der Waals surface area contributed by atoms with Crippen molar-refractivity contribution in [1.29, 1.82) is 0 Å². The summed E-state index contributed by atoms with van der Waals surface area (Å²) in [5.41, 5.74) is 0.456. The van der Waals surface area contributed by atoms with Gasteiger partial charge < -0.3 is 9.47 Å². The molecule has 0 heterocycles. The summed E-state index contributed by atoms with van der Waals surface area (Å²) in [5.74, 6) is 0.0335. The van der Waals surface area contributed by atoms with Gasteiger partial charge >= 0.3 is 11.9 Å². The third-order valence-corrected chi connectivity index (χ3v) is 3.65. The third-order valence-electron chi connectivity index (χ3n) is 3.65. The van der Waals surface area contributed by atoms with E-state index in [0.717, 1.165) is 12.0 Å². The second-order valence-electron chi connectivity index (χ2n) is 7.30. The monoisotopic (exact) mass is 282 g/mol. The van der Waals surface area contributed by atoms with Crippen molar-refractivity contribution in [3.05, 3.63) is 11.3 Å². The van der Waals surface area contributed by atoms with E-state index in [9.17, 15) is 9.59 Å². The van der Waals surface area contributed by atoms with Gasteiger partial charge in [-0.25, -0.2) is 0 Å². The molecule has 1 aliphatic carbocycles. The summed E-state index contributed by atoms with van der Waals surface area (Å²) in [6.07, 6.45) is 0.841. The normalized spacial score (nSPS) is 21.9. The summed E-state index contributed by atoms with van der Waals surface area (Å²) in [6, 6.07) is 0. The van der Waals surface area contributed by atoms with Crippen LogP contribution in [0.2, 0.25) is 0 Å². The van der Waals surface area contributed by atoms with Crippen LogP contribution in [0.5, 0.6) is 0 Å². The average Bonchev–Trinajstić information content (AvgIpc) is 2.44. The molecular formula is C16H26O4. The summed E-state index contributed by atoms with van der Waals surface area (Å²) in [7, 11) is 0. The Balaban J connectivity index is 2.83. The first-order valence-corrected chi connectivity index (χ1v) is 7.00. The van der Waals surface area contributed by atoms with E-state index in [1.807, 2.05) is 27.7 Å². The number of hydrogen-bond acceptors (Lipinski definition) is 4. The molecule has 4 heteroatoms. The van der Waals surface area contributed by atoms with Crippen molar-refractivity contribution >= 4 is 11.9 Å². The molecule has 0 N–H and O–H groups in total. The molecule has 0 aromatic heterocycles. The first-order valence-electron chi connectivity index (χ1n) is 7.00. The molecule has 1 atom stereocenters. The highest BCUT2D eigenvalue weighted by molar-refractivity contribution is 5.75. The maximum Gasteiger partial charge on any atom is 0.311 e. The molecule has 114 valence electrons. The minimum atomic E-state index is -0.525. The standard InChI is InChI=1S/C16H26O4/c1-10-8-16(6,7)12(13(10)20-11(2)17)9-19-14(18)15(3,4)5/h12H,8-9H2,1-7H3/t12-/m1/s1. The second-order valence-corrected chi connectivity index (χ2v) is 7.30. The highest BCUT2D eigenvalue weighted by atomic mass is 16.6. The van der Waals surface area contributed by atoms with Crippen molar-refractivity contribution in [3.63, 3.8) is 0 Å². The molecular weight excluding hydrogens is 256 g/mol. The Hall–Kier alpha value is -1.32. The molecule has 0 saturated carbocycles. The second kappa shape index (κ2) is 5.58. The van der Waals surface area contributed by atoms with Crippen LogP contribution in [-0.4, -0.2) is 18.5 Å². The molecule has 0 saturated heterocycles. The lowest BCUT2D eigenvalue weighted by atomic mass is 9.80. The summed E-state index contributed by atoms with van der Waals surface area (Å²) in [4.78, 5) is 23.1. The van der Waals surface area contributed by atoms with Gasteiger partial charge in [0.2, 0.25) is 0 Å². The lowest BCUT2D eigenvalue weighted by Crippen LogP contribution is -2.31. The summed E-state index contributed by atoms with van der Waals surface area (Å²) in [5, 5.41) is 0. The number of carbonyl (C=O) groups is 2. The number of carbonyl (C=O) groups excluding carboxylic acids is 2. The first-order chi connectivity index (χ1) is 8.95. The van der Waals surface area contributed by atoms with Crippen LogP contribution in [-0.2, 0) is 19.1 Å². The van der Waals surface area contributed by atoms with Crippen molar-refractivity contribution in [2.45, 2.75) is 54.9 Å². The minimum absolute atomic E-state index is 0.0716. The molecule has 0 amide bonds. The van der Waals surface area contributed by atoms with Gasteiger partial charge in [0.1, 0.15) is 12.4 Å². The van der Waals surface area contributed by atoms with E-state index in [1.54, 1.807) is 0 Å². The van der Waals surface area contributed by atoms with E-state index in [0.29, 0.717) is 5.76 Å². The fourth-order valence-corrected chi connectivity index (χ4v) is 2.54. The number of hydrogen-bond donors (Lipinski definition) is 0. The first kappa shape index (κ1) is 16.7. The van der Waals surface area contributed by atoms with Crippen molar-refractivity contribution < 1.29 is 19.1 Å². The summed E-state index contributed by atoms with van der Waals surface area (Å²) < 4.78 is 10.8. The predicted molar refractivity (Wildman–Crippen MR) is 76.8 cm³/mol. The molecule has 1 rings (SSSR count). The molecule has 0 aliphatic heterocycles. The lowest BCUT2D eigenvalue weighted by Gasteiger charge is -2.29. The number of allylic oxidation sites excluding steroid dienone is 1. The molecule has 4 nitrogen and oxygen atoms in total. The molecule has 0 unspecified atom stereocenters. The van der Waals surface area contributed by atoms with E-state index < -0.39 is 5.41 Å². The molecule has 1 aliphatic rings. The molecule has 0 aromatic carbocycles. The van der Waals surface area contributed by atoms with Gasteiger partial charge in [-0.05, 0) is 45.1 Å². The molecule has 0 fully saturated rings. The van der Waals surface area contributed by atoms with Crippen LogP contribution in [0.15, 0.2) is 11.3 Å². The predicted octanol–water partition coefficient (Wildman–Crippen LogP) is 3.46. The van der Waals surface area contributed by atoms with Crippen molar-refractivity contribution in [2.24, 2.45) is 16.7 Å². The summed E-state index contributed by atoms with van der Waals surface area (Å²) >= 11 is 0. The van der Waals surface area contributed by atoms with Crippen LogP contribution in [0.4, 0.5) is 0 Å². The van der Waals surface area contributed by atoms with E-state index in [4.69, 9.17) is 9.47 Å². The van der Waals surface area contributed by atoms with Gasteiger partial charge in [-0.2, -0.15) is 0 Å². The topological polar surface area (TPSA) is 52.6 Å². The van der Waals surface area contributed by atoms with E-state index in [-0.39, 0.29) is 29.9 Å². The maximum absolute atomic E-state index is 11.9. The van der Waals surface area contributed by atoms with Gasteiger partial charge in [0.05, 0.1) is 11.3 Å². The number of esters is 2. The molecule has 0 aromatic rings. The molecule has 0 bridgehead atoms. The van der Waals surface area contributed by atoms with Gasteiger partial charge in [-0.15, -0.1) is 0 Å². The SMILES string of the molecule is CC(=O)OC1=C(C)CC(C)(C)[C@@H]1COC(=O)C(C)(C)C. The van der Waals surface area contributed by atoms with Gasteiger partial charge in [0, 0.05) is 6.92 Å². The Morgan fingerprint density at radius 1 is 1.30 bits per heavy atom. The fraction of sp³-hybridized carbons (Fsp3) is 0.750. The quantitative estimate of drug-likeness (QED) is 0.744. The third kappa shape index (κ3) is 3.84. The average molecular weight is 282 g/mol. The van der Waals surface area contributed by atoms with Crippen LogP contribution in [0.25, 0.3) is 0 Å². The zero-order chi connectivity index (χ0) is 15.7. The number of ether oxygens (including phenoxy) is 2. The fourth-order valence-electron chi connectivity index (χ4n) is 2.54.